The second-order valence-corrected chi connectivity index (χ2v) is 3.49. The molecule has 1 atom stereocenters. The van der Waals surface area contributed by atoms with Gasteiger partial charge in [-0.3, -0.25) is 4.79 Å². The van der Waals surface area contributed by atoms with Gasteiger partial charge in [0.1, 0.15) is 0 Å². The quantitative estimate of drug-likeness (QED) is 0.575. The first-order valence-electron chi connectivity index (χ1n) is 5.12. The third-order valence-corrected chi connectivity index (χ3v) is 2.17. The Morgan fingerprint density at radius 2 is 1.93 bits per heavy atom. The summed E-state index contributed by atoms with van der Waals surface area (Å²) in [6.07, 6.45) is 1.39. The highest BCUT2D eigenvalue weighted by Gasteiger charge is 2.16. The summed E-state index contributed by atoms with van der Waals surface area (Å²) >= 11 is 0. The van der Waals surface area contributed by atoms with Crippen molar-refractivity contribution in [1.29, 1.82) is 0 Å². The standard InChI is InChI=1S/C10H22N2O3/c1-12(6-4-7-14-2)10(13)9(11)5-8-15-3/h9H,4-8,11H2,1-3H3. The molecule has 90 valence electrons. The Morgan fingerprint density at radius 1 is 1.33 bits per heavy atom. The number of nitrogens with zero attached hydrogens (tertiary/aromatic N) is 1. The van der Waals surface area contributed by atoms with Gasteiger partial charge in [0.05, 0.1) is 6.04 Å². The molecule has 0 radical (unpaired) electrons. The lowest BCUT2D eigenvalue weighted by Gasteiger charge is -2.20. The molecule has 0 aliphatic carbocycles. The molecule has 0 spiro atoms. The number of methoxy groups -OCH3 is 2. The summed E-state index contributed by atoms with van der Waals surface area (Å²) in [7, 11) is 5.00. The van der Waals surface area contributed by atoms with Crippen molar-refractivity contribution < 1.29 is 14.3 Å². The van der Waals surface area contributed by atoms with Crippen LogP contribution in [0.25, 0.3) is 0 Å². The van der Waals surface area contributed by atoms with Crippen LogP contribution in [-0.4, -0.2) is 57.9 Å². The van der Waals surface area contributed by atoms with E-state index in [4.69, 9.17) is 15.2 Å². The van der Waals surface area contributed by atoms with Crippen LogP contribution in [0, 0.1) is 0 Å². The maximum absolute atomic E-state index is 11.6. The number of amides is 1. The Bertz CT molecular complexity index is 176. The summed E-state index contributed by atoms with van der Waals surface area (Å²) in [6, 6.07) is -0.461. The molecule has 0 saturated carbocycles. The number of hydrogen-bond donors (Lipinski definition) is 1. The van der Waals surface area contributed by atoms with Crippen LogP contribution in [0.4, 0.5) is 0 Å². The highest BCUT2D eigenvalue weighted by Crippen LogP contribution is 1.97. The Labute approximate surface area is 91.5 Å². The normalized spacial score (nSPS) is 12.5. The fraction of sp³-hybridized carbons (Fsp3) is 0.900. The van der Waals surface area contributed by atoms with Crippen molar-refractivity contribution in [2.75, 3.05) is 41.0 Å². The minimum absolute atomic E-state index is 0.0387. The number of rotatable bonds is 8. The molecule has 0 fully saturated rings. The summed E-state index contributed by atoms with van der Waals surface area (Å²) in [5.41, 5.74) is 5.71. The minimum atomic E-state index is -0.461. The van der Waals surface area contributed by atoms with Gasteiger partial charge >= 0.3 is 0 Å². The molecule has 0 aliphatic rings. The fourth-order valence-electron chi connectivity index (χ4n) is 1.21. The van der Waals surface area contributed by atoms with Crippen LogP contribution in [0.1, 0.15) is 12.8 Å². The van der Waals surface area contributed by atoms with E-state index in [-0.39, 0.29) is 5.91 Å². The average molecular weight is 218 g/mol. The molecule has 0 aromatic heterocycles. The van der Waals surface area contributed by atoms with E-state index in [0.29, 0.717) is 26.2 Å². The number of likely N-dealkylation sites (N-methyl/N-ethyl adjacent to an activating group) is 1. The molecular formula is C10H22N2O3. The van der Waals surface area contributed by atoms with Crippen LogP contribution in [0.5, 0.6) is 0 Å². The average Bonchev–Trinajstić information content (AvgIpc) is 2.24. The van der Waals surface area contributed by atoms with Gasteiger partial charge in [-0.25, -0.2) is 0 Å². The van der Waals surface area contributed by atoms with Gasteiger partial charge in [0, 0.05) is 41.0 Å². The molecule has 0 rings (SSSR count). The number of ether oxygens (including phenoxy) is 2. The summed E-state index contributed by atoms with van der Waals surface area (Å²) < 4.78 is 9.78. The maximum atomic E-state index is 11.6. The maximum Gasteiger partial charge on any atom is 0.239 e. The molecule has 0 heterocycles. The van der Waals surface area contributed by atoms with Crippen molar-refractivity contribution >= 4 is 5.91 Å². The Hall–Kier alpha value is -0.650. The monoisotopic (exact) mass is 218 g/mol. The van der Waals surface area contributed by atoms with Crippen LogP contribution < -0.4 is 5.73 Å². The molecule has 1 amide bonds. The molecule has 0 aliphatic heterocycles. The summed E-state index contributed by atoms with van der Waals surface area (Å²) in [4.78, 5) is 13.3. The highest BCUT2D eigenvalue weighted by atomic mass is 16.5. The fourth-order valence-corrected chi connectivity index (χ4v) is 1.21. The van der Waals surface area contributed by atoms with Gasteiger partial charge in [-0.15, -0.1) is 0 Å². The van der Waals surface area contributed by atoms with Crippen molar-refractivity contribution in [2.45, 2.75) is 18.9 Å². The Morgan fingerprint density at radius 3 is 2.47 bits per heavy atom. The van der Waals surface area contributed by atoms with E-state index >= 15 is 0 Å². The van der Waals surface area contributed by atoms with Crippen LogP contribution in [-0.2, 0) is 14.3 Å². The zero-order valence-corrected chi connectivity index (χ0v) is 9.86. The highest BCUT2D eigenvalue weighted by molar-refractivity contribution is 5.81. The number of nitrogens with two attached hydrogens (primary N) is 1. The second-order valence-electron chi connectivity index (χ2n) is 3.49. The van der Waals surface area contributed by atoms with E-state index < -0.39 is 6.04 Å². The van der Waals surface area contributed by atoms with E-state index in [1.54, 1.807) is 26.2 Å². The smallest absolute Gasteiger partial charge is 0.239 e. The molecule has 5 nitrogen and oxygen atoms in total. The van der Waals surface area contributed by atoms with Crippen molar-refractivity contribution in [1.82, 2.24) is 4.90 Å². The van der Waals surface area contributed by atoms with Crippen molar-refractivity contribution in [3.63, 3.8) is 0 Å². The predicted octanol–water partition coefficient (Wildman–Crippen LogP) is -0.155. The third kappa shape index (κ3) is 6.43. The van der Waals surface area contributed by atoms with Crippen molar-refractivity contribution in [3.8, 4) is 0 Å². The first kappa shape index (κ1) is 14.3. The van der Waals surface area contributed by atoms with Gasteiger partial charge in [0.15, 0.2) is 0 Å². The molecule has 0 aromatic carbocycles. The summed E-state index contributed by atoms with van der Waals surface area (Å²) in [5, 5.41) is 0. The summed E-state index contributed by atoms with van der Waals surface area (Å²) in [5.74, 6) is -0.0387. The predicted molar refractivity (Wildman–Crippen MR) is 58.6 cm³/mol. The largest absolute Gasteiger partial charge is 0.385 e. The lowest BCUT2D eigenvalue weighted by Crippen LogP contribution is -2.42. The Kier molecular flexibility index (Phi) is 8.27. The van der Waals surface area contributed by atoms with Crippen LogP contribution in [0.2, 0.25) is 0 Å². The van der Waals surface area contributed by atoms with Crippen molar-refractivity contribution in [3.05, 3.63) is 0 Å². The summed E-state index contributed by atoms with van der Waals surface area (Å²) in [6.45, 7) is 1.84. The van der Waals surface area contributed by atoms with Gasteiger partial charge in [-0.2, -0.15) is 0 Å². The van der Waals surface area contributed by atoms with E-state index in [2.05, 4.69) is 0 Å². The molecule has 5 heteroatoms. The van der Waals surface area contributed by atoms with Crippen molar-refractivity contribution in [2.24, 2.45) is 5.73 Å². The first-order valence-corrected chi connectivity index (χ1v) is 5.12. The molecule has 15 heavy (non-hydrogen) atoms. The molecule has 0 bridgehead atoms. The third-order valence-electron chi connectivity index (χ3n) is 2.17. The molecule has 0 saturated heterocycles. The van der Waals surface area contributed by atoms with Crippen LogP contribution in [0.15, 0.2) is 0 Å². The molecule has 1 unspecified atom stereocenters. The zero-order chi connectivity index (χ0) is 11.7. The lowest BCUT2D eigenvalue weighted by atomic mass is 10.2. The molecule has 0 aromatic rings. The van der Waals surface area contributed by atoms with Gasteiger partial charge in [-0.1, -0.05) is 0 Å². The van der Waals surface area contributed by atoms with Gasteiger partial charge < -0.3 is 20.1 Å². The van der Waals surface area contributed by atoms with Gasteiger partial charge in [0.2, 0.25) is 5.91 Å². The number of carbonyl (C=O) groups excluding carboxylic acids is 1. The van der Waals surface area contributed by atoms with Crippen LogP contribution in [0.3, 0.4) is 0 Å². The number of hydrogen-bond acceptors (Lipinski definition) is 4. The first-order chi connectivity index (χ1) is 7.13. The van der Waals surface area contributed by atoms with E-state index in [9.17, 15) is 4.79 Å². The van der Waals surface area contributed by atoms with E-state index in [1.807, 2.05) is 0 Å². The number of carbonyl (C=O) groups is 1. The Balaban J connectivity index is 3.75. The van der Waals surface area contributed by atoms with E-state index in [0.717, 1.165) is 6.42 Å². The van der Waals surface area contributed by atoms with E-state index in [1.165, 1.54) is 0 Å². The van der Waals surface area contributed by atoms with Gasteiger partial charge in [-0.05, 0) is 12.8 Å². The topological polar surface area (TPSA) is 64.8 Å². The zero-order valence-electron chi connectivity index (χ0n) is 9.86. The van der Waals surface area contributed by atoms with Crippen LogP contribution >= 0.6 is 0 Å². The van der Waals surface area contributed by atoms with Gasteiger partial charge in [0.25, 0.3) is 0 Å². The SMILES string of the molecule is COCCCN(C)C(=O)C(N)CCOC. The second kappa shape index (κ2) is 8.64. The molecule has 2 N–H and O–H groups in total. The lowest BCUT2D eigenvalue weighted by molar-refractivity contribution is -0.131. The molecular weight excluding hydrogens is 196 g/mol. The minimum Gasteiger partial charge on any atom is -0.385 e.